The molecule has 0 saturated heterocycles. The lowest BCUT2D eigenvalue weighted by Crippen LogP contribution is -1.99. The smallest absolute Gasteiger partial charge is 0.307 e. The third-order valence-electron chi connectivity index (χ3n) is 3.12. The first-order valence-electron chi connectivity index (χ1n) is 6.53. The maximum absolute atomic E-state index is 10.6. The second-order valence-electron chi connectivity index (χ2n) is 4.69. The molecular formula is C16H14O4S. The average molecular weight is 302 g/mol. The van der Waals surface area contributed by atoms with Crippen LogP contribution in [0.1, 0.15) is 11.1 Å². The van der Waals surface area contributed by atoms with Crippen LogP contribution in [0.2, 0.25) is 0 Å². The van der Waals surface area contributed by atoms with Gasteiger partial charge in [0.15, 0.2) is 11.5 Å². The standard InChI is InChI=1S/C16H14O4S/c17-16(18)8-11-1-4-13(5-2-11)21-9-12-3-6-14-15(7-12)20-10-19-14/h1-7H,8-10H2,(H,17,18). The van der Waals surface area contributed by atoms with Gasteiger partial charge in [0.05, 0.1) is 6.42 Å². The Balaban J connectivity index is 1.61. The second kappa shape index (κ2) is 6.10. The maximum atomic E-state index is 10.6. The predicted molar refractivity (Wildman–Crippen MR) is 79.9 cm³/mol. The predicted octanol–water partition coefficient (Wildman–Crippen LogP) is 3.33. The van der Waals surface area contributed by atoms with Crippen LogP contribution >= 0.6 is 11.8 Å². The molecule has 5 heteroatoms. The molecule has 1 aliphatic rings. The average Bonchev–Trinajstić information content (AvgIpc) is 2.93. The van der Waals surface area contributed by atoms with E-state index in [4.69, 9.17) is 14.6 Å². The summed E-state index contributed by atoms with van der Waals surface area (Å²) >= 11 is 1.70. The number of carboxylic acids is 1. The minimum Gasteiger partial charge on any atom is -0.481 e. The van der Waals surface area contributed by atoms with Gasteiger partial charge in [-0.3, -0.25) is 4.79 Å². The number of ether oxygens (including phenoxy) is 2. The van der Waals surface area contributed by atoms with Crippen molar-refractivity contribution in [1.82, 2.24) is 0 Å². The molecule has 2 aromatic carbocycles. The highest BCUT2D eigenvalue weighted by Crippen LogP contribution is 2.34. The van der Waals surface area contributed by atoms with Crippen molar-refractivity contribution >= 4 is 17.7 Å². The molecule has 0 saturated carbocycles. The van der Waals surface area contributed by atoms with Gasteiger partial charge in [0, 0.05) is 10.6 Å². The van der Waals surface area contributed by atoms with Crippen LogP contribution in [0.4, 0.5) is 0 Å². The number of fused-ring (bicyclic) bond motifs is 1. The molecule has 21 heavy (non-hydrogen) atoms. The van der Waals surface area contributed by atoms with E-state index in [0.29, 0.717) is 0 Å². The number of aliphatic carboxylic acids is 1. The van der Waals surface area contributed by atoms with E-state index in [-0.39, 0.29) is 13.2 Å². The fraction of sp³-hybridized carbons (Fsp3) is 0.188. The summed E-state index contributed by atoms with van der Waals surface area (Å²) in [5.41, 5.74) is 1.98. The molecule has 0 radical (unpaired) electrons. The second-order valence-corrected chi connectivity index (χ2v) is 5.74. The Kier molecular flexibility index (Phi) is 4.01. The van der Waals surface area contributed by atoms with Gasteiger partial charge in [-0.2, -0.15) is 0 Å². The van der Waals surface area contributed by atoms with E-state index >= 15 is 0 Å². The molecule has 0 aromatic heterocycles. The zero-order valence-electron chi connectivity index (χ0n) is 11.2. The van der Waals surface area contributed by atoms with E-state index in [2.05, 4.69) is 0 Å². The highest BCUT2D eigenvalue weighted by molar-refractivity contribution is 7.98. The quantitative estimate of drug-likeness (QED) is 0.859. The van der Waals surface area contributed by atoms with Gasteiger partial charge in [0.25, 0.3) is 0 Å². The molecule has 1 N–H and O–H groups in total. The number of thioether (sulfide) groups is 1. The molecule has 0 spiro atoms. The molecule has 3 rings (SSSR count). The number of benzene rings is 2. The first kappa shape index (κ1) is 13.8. The number of hydrogen-bond acceptors (Lipinski definition) is 4. The molecule has 0 aliphatic carbocycles. The molecule has 0 amide bonds. The molecule has 2 aromatic rings. The van der Waals surface area contributed by atoms with Gasteiger partial charge in [0.2, 0.25) is 6.79 Å². The summed E-state index contributed by atoms with van der Waals surface area (Å²) in [6, 6.07) is 13.6. The topological polar surface area (TPSA) is 55.8 Å². The highest BCUT2D eigenvalue weighted by atomic mass is 32.2. The van der Waals surface area contributed by atoms with Crippen LogP contribution in [0.3, 0.4) is 0 Å². The lowest BCUT2D eigenvalue weighted by molar-refractivity contribution is -0.136. The monoisotopic (exact) mass is 302 g/mol. The zero-order chi connectivity index (χ0) is 14.7. The van der Waals surface area contributed by atoms with Crippen LogP contribution in [-0.2, 0) is 17.0 Å². The maximum Gasteiger partial charge on any atom is 0.307 e. The molecule has 4 nitrogen and oxygen atoms in total. The number of carboxylic acid groups (broad SMARTS) is 1. The summed E-state index contributed by atoms with van der Waals surface area (Å²) in [6.45, 7) is 0.289. The third kappa shape index (κ3) is 3.49. The van der Waals surface area contributed by atoms with Crippen molar-refractivity contribution in [1.29, 1.82) is 0 Å². The van der Waals surface area contributed by atoms with Crippen molar-refractivity contribution in [2.75, 3.05) is 6.79 Å². The van der Waals surface area contributed by atoms with Gasteiger partial charge in [-0.1, -0.05) is 18.2 Å². The largest absolute Gasteiger partial charge is 0.481 e. The Hall–Kier alpha value is -2.14. The van der Waals surface area contributed by atoms with Crippen LogP contribution < -0.4 is 9.47 Å². The third-order valence-corrected chi connectivity index (χ3v) is 4.20. The van der Waals surface area contributed by atoms with Gasteiger partial charge in [0.1, 0.15) is 0 Å². The Morgan fingerprint density at radius 3 is 2.52 bits per heavy atom. The summed E-state index contributed by atoms with van der Waals surface area (Å²) in [4.78, 5) is 11.7. The molecule has 0 atom stereocenters. The Bertz CT molecular complexity index is 652. The lowest BCUT2D eigenvalue weighted by atomic mass is 10.2. The molecule has 0 unspecified atom stereocenters. The Morgan fingerprint density at radius 2 is 1.76 bits per heavy atom. The molecule has 0 bridgehead atoms. The summed E-state index contributed by atoms with van der Waals surface area (Å²) < 4.78 is 10.6. The van der Waals surface area contributed by atoms with E-state index in [0.717, 1.165) is 27.7 Å². The van der Waals surface area contributed by atoms with Crippen LogP contribution in [0.15, 0.2) is 47.4 Å². The van der Waals surface area contributed by atoms with Crippen molar-refractivity contribution in [3.8, 4) is 11.5 Å². The molecule has 1 aliphatic heterocycles. The fourth-order valence-electron chi connectivity index (χ4n) is 2.08. The van der Waals surface area contributed by atoms with Crippen molar-refractivity contribution in [2.45, 2.75) is 17.1 Å². The van der Waals surface area contributed by atoms with Gasteiger partial charge in [-0.05, 0) is 35.4 Å². The summed E-state index contributed by atoms with van der Waals surface area (Å²) in [5.74, 6) is 1.61. The van der Waals surface area contributed by atoms with Crippen LogP contribution in [-0.4, -0.2) is 17.9 Å². The number of hydrogen-bond donors (Lipinski definition) is 1. The van der Waals surface area contributed by atoms with Crippen molar-refractivity contribution in [3.63, 3.8) is 0 Å². The normalized spacial score (nSPS) is 12.4. The van der Waals surface area contributed by atoms with Crippen LogP contribution in [0, 0.1) is 0 Å². The highest BCUT2D eigenvalue weighted by Gasteiger charge is 2.13. The number of rotatable bonds is 5. The van der Waals surface area contributed by atoms with E-state index < -0.39 is 5.97 Å². The summed E-state index contributed by atoms with van der Waals surface area (Å²) in [7, 11) is 0. The van der Waals surface area contributed by atoms with Crippen molar-refractivity contribution in [3.05, 3.63) is 53.6 Å². The van der Waals surface area contributed by atoms with Gasteiger partial charge >= 0.3 is 5.97 Å². The molecular weight excluding hydrogens is 288 g/mol. The molecule has 1 heterocycles. The summed E-state index contributed by atoms with van der Waals surface area (Å²) in [6.07, 6.45) is 0.0626. The zero-order valence-corrected chi connectivity index (χ0v) is 12.1. The fourth-order valence-corrected chi connectivity index (χ4v) is 2.92. The van der Waals surface area contributed by atoms with E-state index in [1.54, 1.807) is 11.8 Å². The van der Waals surface area contributed by atoms with Crippen LogP contribution in [0.25, 0.3) is 0 Å². The van der Waals surface area contributed by atoms with Gasteiger partial charge in [-0.15, -0.1) is 11.8 Å². The lowest BCUT2D eigenvalue weighted by Gasteiger charge is -2.04. The molecule has 0 fully saturated rings. The SMILES string of the molecule is O=C(O)Cc1ccc(SCc2ccc3c(c2)OCO3)cc1. The van der Waals surface area contributed by atoms with E-state index in [1.165, 1.54) is 5.56 Å². The Morgan fingerprint density at radius 1 is 1.05 bits per heavy atom. The first-order valence-corrected chi connectivity index (χ1v) is 7.51. The van der Waals surface area contributed by atoms with Gasteiger partial charge < -0.3 is 14.6 Å². The Labute approximate surface area is 126 Å². The van der Waals surface area contributed by atoms with Crippen molar-refractivity contribution < 1.29 is 19.4 Å². The summed E-state index contributed by atoms with van der Waals surface area (Å²) in [5, 5.41) is 8.74. The first-order chi connectivity index (χ1) is 10.2. The number of carbonyl (C=O) groups is 1. The van der Waals surface area contributed by atoms with Gasteiger partial charge in [-0.25, -0.2) is 0 Å². The van der Waals surface area contributed by atoms with E-state index in [9.17, 15) is 4.79 Å². The minimum absolute atomic E-state index is 0.0626. The van der Waals surface area contributed by atoms with Crippen LogP contribution in [0.5, 0.6) is 11.5 Å². The van der Waals surface area contributed by atoms with E-state index in [1.807, 2.05) is 42.5 Å². The molecule has 108 valence electrons. The van der Waals surface area contributed by atoms with Crippen molar-refractivity contribution in [2.24, 2.45) is 0 Å². The minimum atomic E-state index is -0.809.